The molecule has 1 rings (SSSR count). The standard InChI is InChI=1S/C11H14ClN3O3/c1-2-8(13)6-14-11(16)9-5-7(12)3-4-10(9)15(17)18/h3-5,8H,2,6,13H2,1H3,(H,14,16). The van der Waals surface area contributed by atoms with Crippen molar-refractivity contribution in [2.24, 2.45) is 5.73 Å². The van der Waals surface area contributed by atoms with Crippen molar-refractivity contribution in [1.29, 1.82) is 0 Å². The Hall–Kier alpha value is -1.66. The van der Waals surface area contributed by atoms with E-state index in [0.29, 0.717) is 6.42 Å². The summed E-state index contributed by atoms with van der Waals surface area (Å²) in [5.41, 5.74) is 5.32. The number of amides is 1. The number of nitro benzene ring substituents is 1. The van der Waals surface area contributed by atoms with Gasteiger partial charge in [-0.1, -0.05) is 18.5 Å². The van der Waals surface area contributed by atoms with E-state index in [4.69, 9.17) is 17.3 Å². The van der Waals surface area contributed by atoms with Crippen LogP contribution in [-0.4, -0.2) is 23.4 Å². The van der Waals surface area contributed by atoms with Crippen LogP contribution in [0.15, 0.2) is 18.2 Å². The van der Waals surface area contributed by atoms with Gasteiger partial charge in [-0.25, -0.2) is 0 Å². The van der Waals surface area contributed by atoms with E-state index < -0.39 is 10.8 Å². The van der Waals surface area contributed by atoms with Crippen LogP contribution in [0.3, 0.4) is 0 Å². The summed E-state index contributed by atoms with van der Waals surface area (Å²) in [5.74, 6) is -0.548. The fraction of sp³-hybridized carbons (Fsp3) is 0.364. The first-order chi connectivity index (χ1) is 8.45. The number of hydrogen-bond donors (Lipinski definition) is 2. The molecule has 18 heavy (non-hydrogen) atoms. The Bertz CT molecular complexity index is 465. The predicted octanol–water partition coefficient (Wildman–Crippen LogP) is 1.72. The van der Waals surface area contributed by atoms with Gasteiger partial charge >= 0.3 is 0 Å². The summed E-state index contributed by atoms with van der Waals surface area (Å²) >= 11 is 5.73. The van der Waals surface area contributed by atoms with Crippen molar-refractivity contribution >= 4 is 23.2 Å². The molecule has 0 saturated heterocycles. The maximum Gasteiger partial charge on any atom is 0.282 e. The third-order valence-corrected chi connectivity index (χ3v) is 2.68. The van der Waals surface area contributed by atoms with Gasteiger partial charge in [-0.3, -0.25) is 14.9 Å². The summed E-state index contributed by atoms with van der Waals surface area (Å²) in [6.07, 6.45) is 0.706. The molecule has 0 aliphatic rings. The second-order valence-corrected chi connectivity index (χ2v) is 4.23. The monoisotopic (exact) mass is 271 g/mol. The number of rotatable bonds is 5. The molecular weight excluding hydrogens is 258 g/mol. The quantitative estimate of drug-likeness (QED) is 0.629. The van der Waals surface area contributed by atoms with Gasteiger partial charge < -0.3 is 11.1 Å². The van der Waals surface area contributed by atoms with E-state index in [0.717, 1.165) is 0 Å². The number of nitrogens with zero attached hydrogens (tertiary/aromatic N) is 1. The molecule has 0 spiro atoms. The van der Waals surface area contributed by atoms with Gasteiger partial charge in [0, 0.05) is 23.7 Å². The Labute approximate surface area is 109 Å². The smallest absolute Gasteiger partial charge is 0.282 e. The highest BCUT2D eigenvalue weighted by atomic mass is 35.5. The lowest BCUT2D eigenvalue weighted by Gasteiger charge is -2.10. The number of hydrogen-bond acceptors (Lipinski definition) is 4. The van der Waals surface area contributed by atoms with Crippen molar-refractivity contribution in [2.75, 3.05) is 6.54 Å². The number of carbonyl (C=O) groups excluding carboxylic acids is 1. The van der Waals surface area contributed by atoms with Crippen molar-refractivity contribution in [3.8, 4) is 0 Å². The van der Waals surface area contributed by atoms with Crippen LogP contribution in [-0.2, 0) is 0 Å². The largest absolute Gasteiger partial charge is 0.350 e. The minimum absolute atomic E-state index is 0.0594. The molecule has 0 saturated carbocycles. The van der Waals surface area contributed by atoms with Crippen LogP contribution in [0.2, 0.25) is 5.02 Å². The molecule has 1 aromatic carbocycles. The van der Waals surface area contributed by atoms with Crippen LogP contribution >= 0.6 is 11.6 Å². The van der Waals surface area contributed by atoms with Gasteiger partial charge in [0.1, 0.15) is 5.56 Å². The minimum atomic E-state index is -0.620. The molecule has 6 nitrogen and oxygen atoms in total. The zero-order chi connectivity index (χ0) is 13.7. The fourth-order valence-corrected chi connectivity index (χ4v) is 1.48. The highest BCUT2D eigenvalue weighted by molar-refractivity contribution is 6.31. The fourth-order valence-electron chi connectivity index (χ4n) is 1.31. The third kappa shape index (κ3) is 3.68. The zero-order valence-electron chi connectivity index (χ0n) is 9.85. The summed E-state index contributed by atoms with van der Waals surface area (Å²) in [5, 5.41) is 13.6. The maximum absolute atomic E-state index is 11.8. The van der Waals surface area contributed by atoms with Crippen LogP contribution in [0.4, 0.5) is 5.69 Å². The Morgan fingerprint density at radius 2 is 2.28 bits per heavy atom. The molecule has 1 unspecified atom stereocenters. The molecule has 0 heterocycles. The molecule has 1 atom stereocenters. The van der Waals surface area contributed by atoms with Crippen LogP contribution in [0, 0.1) is 10.1 Å². The van der Waals surface area contributed by atoms with Gasteiger partial charge in [0.2, 0.25) is 0 Å². The Morgan fingerprint density at radius 3 is 2.83 bits per heavy atom. The van der Waals surface area contributed by atoms with Crippen LogP contribution in [0.1, 0.15) is 23.7 Å². The second kappa shape index (κ2) is 6.32. The summed E-state index contributed by atoms with van der Waals surface area (Å²) in [6.45, 7) is 2.15. The Kier molecular flexibility index (Phi) is 5.06. The third-order valence-electron chi connectivity index (χ3n) is 2.45. The summed E-state index contributed by atoms with van der Waals surface area (Å²) in [6, 6.07) is 3.67. The van der Waals surface area contributed by atoms with E-state index in [1.54, 1.807) is 0 Å². The first kappa shape index (κ1) is 14.4. The first-order valence-corrected chi connectivity index (χ1v) is 5.81. The number of carbonyl (C=O) groups is 1. The van der Waals surface area contributed by atoms with Crippen LogP contribution in [0.25, 0.3) is 0 Å². The van der Waals surface area contributed by atoms with Gasteiger partial charge in [-0.05, 0) is 18.6 Å². The van der Waals surface area contributed by atoms with Crippen molar-refractivity contribution < 1.29 is 9.72 Å². The van der Waals surface area contributed by atoms with Gasteiger partial charge in [-0.2, -0.15) is 0 Å². The van der Waals surface area contributed by atoms with Gasteiger partial charge in [0.25, 0.3) is 11.6 Å². The second-order valence-electron chi connectivity index (χ2n) is 3.80. The molecule has 0 fully saturated rings. The van der Waals surface area contributed by atoms with Crippen molar-refractivity contribution in [2.45, 2.75) is 19.4 Å². The van der Waals surface area contributed by atoms with E-state index in [2.05, 4.69) is 5.32 Å². The lowest BCUT2D eigenvalue weighted by Crippen LogP contribution is -2.36. The van der Waals surface area contributed by atoms with E-state index in [9.17, 15) is 14.9 Å². The number of halogens is 1. The number of nitrogens with two attached hydrogens (primary N) is 1. The molecule has 0 aromatic heterocycles. The molecule has 0 aliphatic heterocycles. The molecule has 1 aromatic rings. The van der Waals surface area contributed by atoms with Crippen LogP contribution < -0.4 is 11.1 Å². The van der Waals surface area contributed by atoms with Gasteiger partial charge in [0.15, 0.2) is 0 Å². The average molecular weight is 272 g/mol. The van der Waals surface area contributed by atoms with Gasteiger partial charge in [-0.15, -0.1) is 0 Å². The number of benzene rings is 1. The molecular formula is C11H14ClN3O3. The highest BCUT2D eigenvalue weighted by Gasteiger charge is 2.20. The predicted molar refractivity (Wildman–Crippen MR) is 68.7 cm³/mol. The Morgan fingerprint density at radius 1 is 1.61 bits per heavy atom. The summed E-state index contributed by atoms with van der Waals surface area (Å²) in [7, 11) is 0. The van der Waals surface area contributed by atoms with E-state index in [-0.39, 0.29) is 28.9 Å². The molecule has 1 amide bonds. The zero-order valence-corrected chi connectivity index (χ0v) is 10.6. The molecule has 98 valence electrons. The highest BCUT2D eigenvalue weighted by Crippen LogP contribution is 2.22. The summed E-state index contributed by atoms with van der Waals surface area (Å²) in [4.78, 5) is 22.0. The maximum atomic E-state index is 11.8. The molecule has 3 N–H and O–H groups in total. The lowest BCUT2D eigenvalue weighted by atomic mass is 10.1. The Balaban J connectivity index is 2.90. The number of nitro groups is 1. The van der Waals surface area contributed by atoms with Crippen molar-refractivity contribution in [3.63, 3.8) is 0 Å². The minimum Gasteiger partial charge on any atom is -0.350 e. The van der Waals surface area contributed by atoms with E-state index >= 15 is 0 Å². The van der Waals surface area contributed by atoms with Crippen LogP contribution in [0.5, 0.6) is 0 Å². The van der Waals surface area contributed by atoms with Crippen molar-refractivity contribution in [1.82, 2.24) is 5.32 Å². The molecule has 0 aliphatic carbocycles. The van der Waals surface area contributed by atoms with Gasteiger partial charge in [0.05, 0.1) is 4.92 Å². The molecule has 0 bridgehead atoms. The first-order valence-electron chi connectivity index (χ1n) is 5.43. The number of nitrogens with one attached hydrogen (secondary N) is 1. The van der Waals surface area contributed by atoms with E-state index in [1.807, 2.05) is 6.92 Å². The SMILES string of the molecule is CCC(N)CNC(=O)c1cc(Cl)ccc1[N+](=O)[O-]. The molecule has 0 radical (unpaired) electrons. The lowest BCUT2D eigenvalue weighted by molar-refractivity contribution is -0.385. The topological polar surface area (TPSA) is 98.3 Å². The average Bonchev–Trinajstić information content (AvgIpc) is 2.34. The normalized spacial score (nSPS) is 11.9. The summed E-state index contributed by atoms with van der Waals surface area (Å²) < 4.78 is 0. The van der Waals surface area contributed by atoms with Crippen molar-refractivity contribution in [3.05, 3.63) is 38.9 Å². The van der Waals surface area contributed by atoms with E-state index in [1.165, 1.54) is 18.2 Å². The molecule has 7 heteroatoms.